The van der Waals surface area contributed by atoms with E-state index in [1.54, 1.807) is 7.05 Å². The van der Waals surface area contributed by atoms with Crippen LogP contribution >= 0.6 is 0 Å². The van der Waals surface area contributed by atoms with Gasteiger partial charge in [0.2, 0.25) is 0 Å². The molecule has 0 aromatic heterocycles. The van der Waals surface area contributed by atoms with Gasteiger partial charge in [-0.3, -0.25) is 0 Å². The first-order chi connectivity index (χ1) is 12.3. The van der Waals surface area contributed by atoms with Gasteiger partial charge in [-0.2, -0.15) is 0 Å². The summed E-state index contributed by atoms with van der Waals surface area (Å²) in [6.45, 7) is 3.50. The van der Waals surface area contributed by atoms with Gasteiger partial charge in [0.15, 0.2) is 5.75 Å². The van der Waals surface area contributed by atoms with Crippen LogP contribution in [0.5, 0.6) is 5.75 Å². The lowest BCUT2D eigenvalue weighted by Gasteiger charge is -2.25. The normalized spacial score (nSPS) is 10.3. The molecule has 0 saturated carbocycles. The predicted molar refractivity (Wildman–Crippen MR) is 101 cm³/mol. The van der Waals surface area contributed by atoms with Crippen molar-refractivity contribution in [1.29, 1.82) is 0 Å². The average molecular weight is 332 g/mol. The minimum Gasteiger partial charge on any atom is -0.380 e. The van der Waals surface area contributed by atoms with Crippen LogP contribution in [0, 0.1) is 0 Å². The highest BCUT2D eigenvalue weighted by atomic mass is 16.9. The molecule has 4 heteroatoms. The molecule has 3 aromatic rings. The van der Waals surface area contributed by atoms with E-state index in [1.807, 2.05) is 60.7 Å². The summed E-state index contributed by atoms with van der Waals surface area (Å²) in [5.74, 6) is 0.675. The molecule has 0 heterocycles. The van der Waals surface area contributed by atoms with Crippen LogP contribution in [0.2, 0.25) is 0 Å². The third-order valence-corrected chi connectivity index (χ3v) is 3.58. The molecule has 3 rings (SSSR count). The maximum absolute atomic E-state index is 5.52. The molecule has 0 amide bonds. The molecule has 0 spiro atoms. The van der Waals surface area contributed by atoms with Crippen LogP contribution < -0.4 is 9.74 Å². The number of anilines is 3. The van der Waals surface area contributed by atoms with Crippen molar-refractivity contribution < 1.29 is 9.68 Å². The average Bonchev–Trinajstić information content (AvgIpc) is 2.65. The standard InChI is InChI=1S/C21H20N2O2/c1-3-24-22(2)25-21-16-14-20(15-17-21)23(18-10-6-4-7-11-18)19-12-8-5-9-13-19/h3-17H,1H2,2H3. The zero-order chi connectivity index (χ0) is 17.5. The molecule has 4 nitrogen and oxygen atoms in total. The molecule has 0 radical (unpaired) electrons. The summed E-state index contributed by atoms with van der Waals surface area (Å²) in [6.07, 6.45) is 1.31. The molecule has 0 aliphatic heterocycles. The second-order valence-electron chi connectivity index (χ2n) is 5.30. The largest absolute Gasteiger partial charge is 0.380 e. The molecular weight excluding hydrogens is 312 g/mol. The Morgan fingerprint density at radius 3 is 1.68 bits per heavy atom. The highest BCUT2D eigenvalue weighted by Gasteiger charge is 2.12. The van der Waals surface area contributed by atoms with Crippen molar-refractivity contribution >= 4 is 17.1 Å². The number of hydrogen-bond donors (Lipinski definition) is 0. The van der Waals surface area contributed by atoms with E-state index >= 15 is 0 Å². The summed E-state index contributed by atoms with van der Waals surface area (Å²) in [4.78, 5) is 12.7. The third kappa shape index (κ3) is 4.19. The van der Waals surface area contributed by atoms with Crippen LogP contribution in [0.15, 0.2) is 97.8 Å². The molecule has 0 N–H and O–H groups in total. The van der Waals surface area contributed by atoms with Gasteiger partial charge in [-0.15, -0.1) is 0 Å². The SMILES string of the molecule is C=CON(C)Oc1ccc(N(c2ccccc2)c2ccccc2)cc1. The smallest absolute Gasteiger partial charge is 0.151 e. The van der Waals surface area contributed by atoms with Crippen molar-refractivity contribution in [3.8, 4) is 5.75 Å². The van der Waals surface area contributed by atoms with E-state index in [2.05, 4.69) is 35.7 Å². The Kier molecular flexibility index (Phi) is 5.34. The van der Waals surface area contributed by atoms with Gasteiger partial charge in [-0.25, -0.2) is 0 Å². The van der Waals surface area contributed by atoms with E-state index in [0.717, 1.165) is 17.1 Å². The van der Waals surface area contributed by atoms with Gasteiger partial charge in [-0.1, -0.05) is 43.0 Å². The molecule has 0 atom stereocenters. The van der Waals surface area contributed by atoms with Crippen molar-refractivity contribution in [1.82, 2.24) is 5.23 Å². The van der Waals surface area contributed by atoms with E-state index in [-0.39, 0.29) is 0 Å². The summed E-state index contributed by atoms with van der Waals surface area (Å²) >= 11 is 0. The van der Waals surface area contributed by atoms with Crippen molar-refractivity contribution in [2.45, 2.75) is 0 Å². The molecule has 0 aliphatic rings. The van der Waals surface area contributed by atoms with E-state index in [9.17, 15) is 0 Å². The fraction of sp³-hybridized carbons (Fsp3) is 0.0476. The Morgan fingerprint density at radius 1 is 0.720 bits per heavy atom. The number of hydroxylamine groups is 2. The minimum absolute atomic E-state index is 0.675. The van der Waals surface area contributed by atoms with Crippen LogP contribution in [0.4, 0.5) is 17.1 Å². The number of rotatable bonds is 7. The lowest BCUT2D eigenvalue weighted by Crippen LogP contribution is -2.20. The van der Waals surface area contributed by atoms with E-state index in [4.69, 9.17) is 9.68 Å². The molecule has 0 bridgehead atoms. The zero-order valence-corrected chi connectivity index (χ0v) is 14.1. The summed E-state index contributed by atoms with van der Waals surface area (Å²) in [5, 5.41) is 1.24. The maximum atomic E-state index is 5.52. The van der Waals surface area contributed by atoms with Gasteiger partial charge in [0, 0.05) is 22.3 Å². The summed E-state index contributed by atoms with van der Waals surface area (Å²) in [5.41, 5.74) is 3.22. The first kappa shape index (κ1) is 16.6. The number of hydrogen-bond acceptors (Lipinski definition) is 4. The van der Waals surface area contributed by atoms with Gasteiger partial charge in [0.1, 0.15) is 6.26 Å². The summed E-state index contributed by atoms with van der Waals surface area (Å²) in [6, 6.07) is 28.3. The van der Waals surface area contributed by atoms with E-state index < -0.39 is 0 Å². The number of para-hydroxylation sites is 2. The van der Waals surface area contributed by atoms with Crippen LogP contribution in [0.25, 0.3) is 0 Å². The van der Waals surface area contributed by atoms with Crippen LogP contribution in [-0.4, -0.2) is 12.3 Å². The van der Waals surface area contributed by atoms with E-state index in [0.29, 0.717) is 5.75 Å². The number of benzene rings is 3. The third-order valence-electron chi connectivity index (χ3n) is 3.58. The van der Waals surface area contributed by atoms with Crippen molar-refractivity contribution in [2.24, 2.45) is 0 Å². The Labute approximate surface area is 148 Å². The summed E-state index contributed by atoms with van der Waals surface area (Å²) < 4.78 is 0. The van der Waals surface area contributed by atoms with E-state index in [1.165, 1.54) is 11.5 Å². The van der Waals surface area contributed by atoms with Gasteiger partial charge in [0.05, 0.1) is 7.05 Å². The lowest BCUT2D eigenvalue weighted by molar-refractivity contribution is -0.266. The maximum Gasteiger partial charge on any atom is 0.151 e. The highest BCUT2D eigenvalue weighted by molar-refractivity contribution is 5.76. The fourth-order valence-corrected chi connectivity index (χ4v) is 2.53. The highest BCUT2D eigenvalue weighted by Crippen LogP contribution is 2.34. The van der Waals surface area contributed by atoms with Crippen molar-refractivity contribution in [3.05, 3.63) is 97.8 Å². The predicted octanol–water partition coefficient (Wildman–Crippen LogP) is 5.46. The van der Waals surface area contributed by atoms with Gasteiger partial charge >= 0.3 is 0 Å². The Morgan fingerprint density at radius 2 is 1.20 bits per heavy atom. The molecule has 126 valence electrons. The Bertz CT molecular complexity index is 750. The van der Waals surface area contributed by atoms with Gasteiger partial charge in [-0.05, 0) is 48.5 Å². The molecular formula is C21H20N2O2. The zero-order valence-electron chi connectivity index (χ0n) is 14.1. The molecule has 0 fully saturated rings. The van der Waals surface area contributed by atoms with Crippen LogP contribution in [0.3, 0.4) is 0 Å². The first-order valence-corrected chi connectivity index (χ1v) is 7.97. The molecule has 3 aromatic carbocycles. The van der Waals surface area contributed by atoms with Crippen LogP contribution in [-0.2, 0) is 4.84 Å². The lowest BCUT2D eigenvalue weighted by atomic mass is 10.2. The van der Waals surface area contributed by atoms with Gasteiger partial charge < -0.3 is 14.6 Å². The first-order valence-electron chi connectivity index (χ1n) is 7.97. The van der Waals surface area contributed by atoms with Crippen molar-refractivity contribution in [2.75, 3.05) is 11.9 Å². The summed E-state index contributed by atoms with van der Waals surface area (Å²) in [7, 11) is 1.66. The molecule has 0 saturated heterocycles. The fourth-order valence-electron chi connectivity index (χ4n) is 2.53. The molecule has 0 aliphatic carbocycles. The molecule has 0 unspecified atom stereocenters. The molecule has 25 heavy (non-hydrogen) atoms. The second kappa shape index (κ2) is 8.04. The monoisotopic (exact) mass is 332 g/mol. The number of nitrogens with zero attached hydrogens (tertiary/aromatic N) is 2. The van der Waals surface area contributed by atoms with Gasteiger partial charge in [0.25, 0.3) is 0 Å². The van der Waals surface area contributed by atoms with Crippen molar-refractivity contribution in [3.63, 3.8) is 0 Å². The quantitative estimate of drug-likeness (QED) is 0.424. The second-order valence-corrected chi connectivity index (χ2v) is 5.30. The Balaban J connectivity index is 1.90. The Hall–Kier alpha value is -3.24. The minimum atomic E-state index is 0.675. The topological polar surface area (TPSA) is 24.9 Å². The van der Waals surface area contributed by atoms with Crippen LogP contribution in [0.1, 0.15) is 0 Å².